The Hall–Kier alpha value is -1.17. The molecule has 0 bridgehead atoms. The molecule has 0 aliphatic rings. The fourth-order valence-electron chi connectivity index (χ4n) is 2.06. The summed E-state index contributed by atoms with van der Waals surface area (Å²) in [6, 6.07) is 4.87. The van der Waals surface area contributed by atoms with Crippen LogP contribution in [0.5, 0.6) is 5.75 Å². The first kappa shape index (κ1) is 17.2. The molecular weight excluding hydrogens is 325 g/mol. The summed E-state index contributed by atoms with van der Waals surface area (Å²) < 4.78 is 24.8. The van der Waals surface area contributed by atoms with Gasteiger partial charge in [-0.15, -0.1) is 11.3 Å². The summed E-state index contributed by atoms with van der Waals surface area (Å²) in [5.74, 6) is 0.289. The summed E-state index contributed by atoms with van der Waals surface area (Å²) >= 11 is 7.48. The van der Waals surface area contributed by atoms with Crippen molar-refractivity contribution in [1.29, 1.82) is 0 Å². The van der Waals surface area contributed by atoms with Crippen molar-refractivity contribution in [1.82, 2.24) is 4.98 Å². The molecule has 0 spiro atoms. The van der Waals surface area contributed by atoms with Gasteiger partial charge in [-0.05, 0) is 30.5 Å². The summed E-state index contributed by atoms with van der Waals surface area (Å²) in [5.41, 5.74) is 1.47. The molecule has 22 heavy (non-hydrogen) atoms. The average molecular weight is 344 g/mol. The van der Waals surface area contributed by atoms with E-state index in [9.17, 15) is 4.39 Å². The van der Waals surface area contributed by atoms with Crippen LogP contribution in [0.4, 0.5) is 4.39 Å². The minimum atomic E-state index is -0.409. The number of hydrogen-bond acceptors (Lipinski definition) is 4. The summed E-state index contributed by atoms with van der Waals surface area (Å²) in [6.45, 7) is 4.99. The van der Waals surface area contributed by atoms with Crippen LogP contribution in [0.15, 0.2) is 18.2 Å². The lowest BCUT2D eigenvalue weighted by atomic mass is 10.0. The Labute approximate surface area is 139 Å². The van der Waals surface area contributed by atoms with Crippen molar-refractivity contribution >= 4 is 22.9 Å². The van der Waals surface area contributed by atoms with Gasteiger partial charge in [-0.3, -0.25) is 0 Å². The van der Waals surface area contributed by atoms with Crippen LogP contribution in [-0.4, -0.2) is 25.3 Å². The topological polar surface area (TPSA) is 31.4 Å². The van der Waals surface area contributed by atoms with Gasteiger partial charge in [-0.25, -0.2) is 9.37 Å². The normalized spacial score (nSPS) is 11.2. The number of methoxy groups -OCH3 is 1. The molecule has 6 heteroatoms. The zero-order chi connectivity index (χ0) is 16.1. The van der Waals surface area contributed by atoms with Crippen molar-refractivity contribution < 1.29 is 13.9 Å². The predicted molar refractivity (Wildman–Crippen MR) is 88.4 cm³/mol. The van der Waals surface area contributed by atoms with E-state index in [0.717, 1.165) is 22.6 Å². The minimum Gasteiger partial charge on any atom is -0.488 e. The van der Waals surface area contributed by atoms with Crippen LogP contribution in [0, 0.1) is 11.7 Å². The van der Waals surface area contributed by atoms with Gasteiger partial charge >= 0.3 is 0 Å². The number of rotatable bonds is 7. The van der Waals surface area contributed by atoms with E-state index in [0.29, 0.717) is 23.6 Å². The van der Waals surface area contributed by atoms with Crippen LogP contribution in [0.1, 0.15) is 18.7 Å². The molecule has 0 saturated heterocycles. The van der Waals surface area contributed by atoms with Gasteiger partial charge in [0.25, 0.3) is 0 Å². The number of halogens is 2. The van der Waals surface area contributed by atoms with Crippen LogP contribution in [0.2, 0.25) is 4.47 Å². The number of thiazole rings is 1. The molecule has 0 aliphatic heterocycles. The smallest absolute Gasteiger partial charge is 0.184 e. The Balaban J connectivity index is 2.24. The second-order valence-electron chi connectivity index (χ2n) is 5.32. The molecule has 0 fully saturated rings. The lowest BCUT2D eigenvalue weighted by Gasteiger charge is -2.09. The monoisotopic (exact) mass is 343 g/mol. The Morgan fingerprint density at radius 1 is 1.32 bits per heavy atom. The molecule has 2 rings (SSSR count). The third-order valence-electron chi connectivity index (χ3n) is 3.02. The van der Waals surface area contributed by atoms with Gasteiger partial charge in [0.1, 0.15) is 6.61 Å². The van der Waals surface area contributed by atoms with Crippen molar-refractivity contribution in [3.8, 4) is 17.0 Å². The molecular formula is C16H19ClFNO2S. The molecule has 0 atom stereocenters. The molecule has 0 radical (unpaired) electrons. The standard InChI is InChI=1S/C16H19ClFNO2S/c1-10(2)8-14-15(19-16(17)22-14)11-4-5-13(12(18)9-11)21-7-6-20-3/h4-5,9-10H,6-8H2,1-3H3. The molecule has 1 aromatic carbocycles. The molecule has 1 heterocycles. The van der Waals surface area contributed by atoms with Gasteiger partial charge in [-0.2, -0.15) is 0 Å². The molecule has 0 saturated carbocycles. The Morgan fingerprint density at radius 3 is 2.73 bits per heavy atom. The van der Waals surface area contributed by atoms with Gasteiger partial charge in [0.15, 0.2) is 16.0 Å². The van der Waals surface area contributed by atoms with Gasteiger partial charge in [0.05, 0.1) is 12.3 Å². The number of aromatic nitrogens is 1. The molecule has 0 aliphatic carbocycles. The van der Waals surface area contributed by atoms with E-state index in [-0.39, 0.29) is 5.75 Å². The largest absolute Gasteiger partial charge is 0.488 e. The lowest BCUT2D eigenvalue weighted by Crippen LogP contribution is -2.05. The van der Waals surface area contributed by atoms with Crippen LogP contribution in [-0.2, 0) is 11.2 Å². The Morgan fingerprint density at radius 2 is 2.09 bits per heavy atom. The number of benzene rings is 1. The summed E-state index contributed by atoms with van der Waals surface area (Å²) in [7, 11) is 1.57. The molecule has 0 amide bonds. The van der Waals surface area contributed by atoms with Crippen molar-refractivity contribution in [2.75, 3.05) is 20.3 Å². The van der Waals surface area contributed by atoms with Crippen LogP contribution in [0.3, 0.4) is 0 Å². The van der Waals surface area contributed by atoms with Crippen LogP contribution >= 0.6 is 22.9 Å². The highest BCUT2D eigenvalue weighted by molar-refractivity contribution is 7.16. The fraction of sp³-hybridized carbons (Fsp3) is 0.438. The first-order valence-electron chi connectivity index (χ1n) is 7.08. The highest BCUT2D eigenvalue weighted by Gasteiger charge is 2.15. The molecule has 1 aromatic heterocycles. The van der Waals surface area contributed by atoms with E-state index in [2.05, 4.69) is 18.8 Å². The highest BCUT2D eigenvalue weighted by atomic mass is 35.5. The zero-order valence-electron chi connectivity index (χ0n) is 12.9. The number of hydrogen-bond donors (Lipinski definition) is 0. The van der Waals surface area contributed by atoms with Crippen molar-refractivity contribution in [2.45, 2.75) is 20.3 Å². The van der Waals surface area contributed by atoms with E-state index < -0.39 is 5.82 Å². The van der Waals surface area contributed by atoms with E-state index >= 15 is 0 Å². The number of ether oxygens (including phenoxy) is 2. The van der Waals surface area contributed by atoms with E-state index in [4.69, 9.17) is 21.1 Å². The molecule has 120 valence electrons. The Bertz CT molecular complexity index is 631. The fourth-order valence-corrected chi connectivity index (χ4v) is 3.44. The Kier molecular flexibility index (Phi) is 6.17. The molecule has 0 N–H and O–H groups in total. The van der Waals surface area contributed by atoms with Crippen molar-refractivity contribution in [3.05, 3.63) is 33.4 Å². The lowest BCUT2D eigenvalue weighted by molar-refractivity contribution is 0.144. The summed E-state index contributed by atoms with van der Waals surface area (Å²) in [6.07, 6.45) is 0.868. The second-order valence-corrected chi connectivity index (χ2v) is 6.99. The molecule has 2 aromatic rings. The number of nitrogens with zero attached hydrogens (tertiary/aromatic N) is 1. The zero-order valence-corrected chi connectivity index (χ0v) is 14.4. The first-order chi connectivity index (χ1) is 10.5. The molecule has 3 nitrogen and oxygen atoms in total. The van der Waals surface area contributed by atoms with Crippen LogP contribution < -0.4 is 4.74 Å². The van der Waals surface area contributed by atoms with E-state index in [1.54, 1.807) is 19.2 Å². The predicted octanol–water partition coefficient (Wildman–Crippen LogP) is 4.83. The van der Waals surface area contributed by atoms with Gasteiger partial charge in [0.2, 0.25) is 0 Å². The average Bonchev–Trinajstić information content (AvgIpc) is 2.80. The van der Waals surface area contributed by atoms with Crippen molar-refractivity contribution in [3.63, 3.8) is 0 Å². The maximum absolute atomic E-state index is 14.1. The summed E-state index contributed by atoms with van der Waals surface area (Å²) in [5, 5.41) is 0. The van der Waals surface area contributed by atoms with Crippen LogP contribution in [0.25, 0.3) is 11.3 Å². The van der Waals surface area contributed by atoms with Gasteiger partial charge in [-0.1, -0.05) is 25.4 Å². The maximum atomic E-state index is 14.1. The third-order valence-corrected chi connectivity index (χ3v) is 4.20. The van der Waals surface area contributed by atoms with E-state index in [1.165, 1.54) is 17.4 Å². The quantitative estimate of drug-likeness (QED) is 0.675. The second kappa shape index (κ2) is 7.90. The summed E-state index contributed by atoms with van der Waals surface area (Å²) in [4.78, 5) is 5.41. The maximum Gasteiger partial charge on any atom is 0.184 e. The molecule has 0 unspecified atom stereocenters. The third kappa shape index (κ3) is 4.41. The minimum absolute atomic E-state index is 0.215. The highest BCUT2D eigenvalue weighted by Crippen LogP contribution is 2.34. The van der Waals surface area contributed by atoms with E-state index in [1.807, 2.05) is 0 Å². The van der Waals surface area contributed by atoms with Gasteiger partial charge in [0, 0.05) is 17.6 Å². The van der Waals surface area contributed by atoms with Crippen molar-refractivity contribution in [2.24, 2.45) is 5.92 Å². The first-order valence-corrected chi connectivity index (χ1v) is 8.27. The SMILES string of the molecule is COCCOc1ccc(-c2nc(Cl)sc2CC(C)C)cc1F. The van der Waals surface area contributed by atoms with Gasteiger partial charge < -0.3 is 9.47 Å².